The second-order valence-electron chi connectivity index (χ2n) is 10.3. The van der Waals surface area contributed by atoms with Crippen molar-refractivity contribution in [2.45, 2.75) is 22.8 Å². The lowest BCUT2D eigenvalue weighted by Gasteiger charge is -2.27. The molecule has 0 amide bonds. The highest BCUT2D eigenvalue weighted by Gasteiger charge is 2.50. The average Bonchev–Trinajstić information content (AvgIpc) is 3.40. The molecule has 5 rings (SSSR count). The molecule has 0 saturated heterocycles. The Labute approximate surface area is 253 Å². The molecule has 0 aliphatic heterocycles. The zero-order valence-corrected chi connectivity index (χ0v) is 25.9. The van der Waals surface area contributed by atoms with Gasteiger partial charge < -0.3 is 28.4 Å². The van der Waals surface area contributed by atoms with Crippen molar-refractivity contribution in [3.8, 4) is 34.5 Å². The molecule has 43 heavy (non-hydrogen) atoms. The van der Waals surface area contributed by atoms with E-state index in [4.69, 9.17) is 28.4 Å². The Hall–Kier alpha value is -4.37. The number of ether oxygens (including phenoxy) is 6. The van der Waals surface area contributed by atoms with E-state index in [1.165, 1.54) is 0 Å². The van der Waals surface area contributed by atoms with Gasteiger partial charge in [0.05, 0.1) is 53.7 Å². The quantitative estimate of drug-likeness (QED) is 0.196. The van der Waals surface area contributed by atoms with Crippen LogP contribution in [0.2, 0.25) is 0 Å². The van der Waals surface area contributed by atoms with Crippen molar-refractivity contribution in [1.82, 2.24) is 0 Å². The zero-order chi connectivity index (χ0) is 30.7. The summed E-state index contributed by atoms with van der Waals surface area (Å²) in [5, 5.41) is -0.927. The van der Waals surface area contributed by atoms with Crippen molar-refractivity contribution in [3.05, 3.63) is 107 Å². The molecular weight excluding hydrogens is 568 g/mol. The van der Waals surface area contributed by atoms with Gasteiger partial charge in [-0.2, -0.15) is 0 Å². The van der Waals surface area contributed by atoms with Gasteiger partial charge >= 0.3 is 0 Å². The molecule has 0 fully saturated rings. The maximum atomic E-state index is 14.7. The molecule has 0 heterocycles. The molecule has 1 aliphatic rings. The summed E-state index contributed by atoms with van der Waals surface area (Å²) in [6, 6.07) is 23.9. The van der Waals surface area contributed by atoms with Gasteiger partial charge in [-0.3, -0.25) is 0 Å². The third kappa shape index (κ3) is 5.82. The van der Waals surface area contributed by atoms with E-state index >= 15 is 0 Å². The van der Waals surface area contributed by atoms with E-state index in [1.54, 1.807) is 79.1 Å². The predicted octanol–water partition coefficient (Wildman–Crippen LogP) is 6.32. The second-order valence-corrected chi connectivity index (χ2v) is 12.5. The number of hydrogen-bond acceptors (Lipinski definition) is 8. The minimum absolute atomic E-state index is 0.165. The van der Waals surface area contributed by atoms with Crippen molar-refractivity contribution in [1.29, 1.82) is 0 Å². The molecule has 8 nitrogen and oxygen atoms in total. The number of benzene rings is 4. The molecule has 0 aromatic heterocycles. The Morgan fingerprint density at radius 3 is 1.58 bits per heavy atom. The largest absolute Gasteiger partial charge is 0.497 e. The van der Waals surface area contributed by atoms with E-state index in [2.05, 4.69) is 0 Å². The van der Waals surface area contributed by atoms with Crippen LogP contribution in [0.15, 0.2) is 78.9 Å². The third-order valence-electron chi connectivity index (χ3n) is 8.05. The maximum Gasteiger partial charge on any atom is 0.162 e. The van der Waals surface area contributed by atoms with E-state index in [9.17, 15) is 8.42 Å². The van der Waals surface area contributed by atoms with Gasteiger partial charge in [0, 0.05) is 29.5 Å². The first-order chi connectivity index (χ1) is 20.8. The SMILES string of the molecule is COc1ccc(CS(=O)(=O)C2c3cc(OC)cc(OC)c3C(c3cc(OC)cc(OC)c3)C2c2ccc(OC)cc2)cc1. The van der Waals surface area contributed by atoms with Crippen LogP contribution < -0.4 is 28.4 Å². The Balaban J connectivity index is 1.79. The zero-order valence-electron chi connectivity index (χ0n) is 25.1. The molecule has 0 spiro atoms. The van der Waals surface area contributed by atoms with E-state index < -0.39 is 26.9 Å². The molecule has 4 aromatic carbocycles. The van der Waals surface area contributed by atoms with Gasteiger partial charge in [-0.05, 0) is 64.7 Å². The summed E-state index contributed by atoms with van der Waals surface area (Å²) in [5.41, 5.74) is 3.76. The standard InChI is InChI=1S/C34H36O8S/c1-37-24-11-7-21(8-12-24)20-43(35,36)34-29-18-28(41-5)19-30(42-6)33(29)31(23-15-26(39-3)17-27(16-23)40-4)32(34)22-9-13-25(38-2)14-10-22/h7-19,31-32,34H,20H2,1-6H3. The molecular formula is C34H36O8S. The van der Waals surface area contributed by atoms with Crippen LogP contribution in [0.4, 0.5) is 0 Å². The smallest absolute Gasteiger partial charge is 0.162 e. The van der Waals surface area contributed by atoms with Gasteiger partial charge in [0.1, 0.15) is 34.5 Å². The van der Waals surface area contributed by atoms with Crippen LogP contribution in [-0.2, 0) is 15.6 Å². The Morgan fingerprint density at radius 2 is 1.07 bits per heavy atom. The minimum atomic E-state index is -3.83. The summed E-state index contributed by atoms with van der Waals surface area (Å²) in [7, 11) is 5.68. The van der Waals surface area contributed by atoms with Crippen molar-refractivity contribution in [3.63, 3.8) is 0 Å². The summed E-state index contributed by atoms with van der Waals surface area (Å²) < 4.78 is 62.8. The highest BCUT2D eigenvalue weighted by Crippen LogP contribution is 2.61. The monoisotopic (exact) mass is 604 g/mol. The maximum absolute atomic E-state index is 14.7. The van der Waals surface area contributed by atoms with Crippen molar-refractivity contribution in [2.75, 3.05) is 42.7 Å². The molecule has 0 radical (unpaired) electrons. The van der Waals surface area contributed by atoms with Crippen LogP contribution in [-0.4, -0.2) is 51.1 Å². The number of fused-ring (bicyclic) bond motifs is 1. The van der Waals surface area contributed by atoms with Crippen LogP contribution >= 0.6 is 0 Å². The minimum Gasteiger partial charge on any atom is -0.497 e. The van der Waals surface area contributed by atoms with Crippen LogP contribution in [0.1, 0.15) is 44.9 Å². The van der Waals surface area contributed by atoms with Crippen LogP contribution in [0.3, 0.4) is 0 Å². The average molecular weight is 605 g/mol. The molecule has 0 saturated carbocycles. The lowest BCUT2D eigenvalue weighted by molar-refractivity contribution is 0.388. The number of sulfone groups is 1. The van der Waals surface area contributed by atoms with Crippen molar-refractivity contribution >= 4 is 9.84 Å². The molecule has 226 valence electrons. The number of methoxy groups -OCH3 is 6. The van der Waals surface area contributed by atoms with E-state index in [-0.39, 0.29) is 5.75 Å². The van der Waals surface area contributed by atoms with E-state index in [0.717, 1.165) is 16.7 Å². The van der Waals surface area contributed by atoms with Crippen molar-refractivity contribution in [2.24, 2.45) is 0 Å². The van der Waals surface area contributed by atoms with Gasteiger partial charge in [-0.25, -0.2) is 8.42 Å². The molecule has 3 unspecified atom stereocenters. The van der Waals surface area contributed by atoms with E-state index in [0.29, 0.717) is 45.6 Å². The van der Waals surface area contributed by atoms with Crippen LogP contribution in [0.5, 0.6) is 34.5 Å². The number of hydrogen-bond donors (Lipinski definition) is 0. The third-order valence-corrected chi connectivity index (χ3v) is 10.1. The van der Waals surface area contributed by atoms with Gasteiger partial charge in [0.2, 0.25) is 0 Å². The first-order valence-corrected chi connectivity index (χ1v) is 15.5. The summed E-state index contributed by atoms with van der Waals surface area (Å²) in [6.07, 6.45) is 0. The Bertz CT molecular complexity index is 1660. The van der Waals surface area contributed by atoms with Crippen LogP contribution in [0, 0.1) is 0 Å². The normalized spacial score (nSPS) is 17.6. The van der Waals surface area contributed by atoms with Crippen LogP contribution in [0.25, 0.3) is 0 Å². The molecule has 0 N–H and O–H groups in total. The van der Waals surface area contributed by atoms with Gasteiger partial charge in [-0.1, -0.05) is 24.3 Å². The first kappa shape index (κ1) is 30.1. The molecule has 9 heteroatoms. The highest BCUT2D eigenvalue weighted by atomic mass is 32.2. The fourth-order valence-electron chi connectivity index (χ4n) is 6.06. The lowest BCUT2D eigenvalue weighted by Crippen LogP contribution is -2.21. The summed E-state index contributed by atoms with van der Waals surface area (Å²) in [5.74, 6) is 2.47. The van der Waals surface area contributed by atoms with Gasteiger partial charge in [0.25, 0.3) is 0 Å². The molecule has 3 atom stereocenters. The van der Waals surface area contributed by atoms with Gasteiger partial charge in [-0.15, -0.1) is 0 Å². The Kier molecular flexibility index (Phi) is 8.73. The second kappa shape index (κ2) is 12.5. The predicted molar refractivity (Wildman–Crippen MR) is 165 cm³/mol. The summed E-state index contributed by atoms with van der Waals surface area (Å²) in [4.78, 5) is 0. The number of rotatable bonds is 11. The highest BCUT2D eigenvalue weighted by molar-refractivity contribution is 7.91. The van der Waals surface area contributed by atoms with Gasteiger partial charge in [0.15, 0.2) is 9.84 Å². The summed E-state index contributed by atoms with van der Waals surface area (Å²) >= 11 is 0. The topological polar surface area (TPSA) is 89.5 Å². The Morgan fingerprint density at radius 1 is 0.558 bits per heavy atom. The molecule has 1 aliphatic carbocycles. The fraction of sp³-hybridized carbons (Fsp3) is 0.294. The summed E-state index contributed by atoms with van der Waals surface area (Å²) in [6.45, 7) is 0. The molecule has 0 bridgehead atoms. The first-order valence-electron chi connectivity index (χ1n) is 13.7. The fourth-order valence-corrected chi connectivity index (χ4v) is 8.24. The van der Waals surface area contributed by atoms with E-state index in [1.807, 2.05) is 42.5 Å². The van der Waals surface area contributed by atoms with Crippen molar-refractivity contribution < 1.29 is 36.8 Å². The molecule has 4 aromatic rings. The lowest BCUT2D eigenvalue weighted by atomic mass is 9.81.